The number of nitrogens with zero attached hydrogens (tertiary/aromatic N) is 3. The molecule has 3 heterocycles. The van der Waals surface area contributed by atoms with Crippen LogP contribution in [0.5, 0.6) is 0 Å². The van der Waals surface area contributed by atoms with Crippen molar-refractivity contribution in [1.29, 1.82) is 0 Å². The number of benzene rings is 2. The first-order valence-electron chi connectivity index (χ1n) is 11.1. The highest BCUT2D eigenvalue weighted by Gasteiger charge is 2.27. The smallest absolute Gasteiger partial charge is 0.223 e. The molecule has 5 nitrogen and oxygen atoms in total. The van der Waals surface area contributed by atoms with Gasteiger partial charge in [0, 0.05) is 30.3 Å². The third kappa shape index (κ3) is 4.17. The summed E-state index contributed by atoms with van der Waals surface area (Å²) in [6.45, 7) is 2.21. The molecule has 0 unspecified atom stereocenters. The van der Waals surface area contributed by atoms with Crippen molar-refractivity contribution in [2.45, 2.75) is 25.7 Å². The summed E-state index contributed by atoms with van der Waals surface area (Å²) in [6.07, 6.45) is 5.00. The van der Waals surface area contributed by atoms with Crippen molar-refractivity contribution in [2.24, 2.45) is 5.92 Å². The van der Waals surface area contributed by atoms with Crippen molar-refractivity contribution in [2.75, 3.05) is 24.5 Å². The van der Waals surface area contributed by atoms with E-state index in [0.29, 0.717) is 17.4 Å². The number of aromatic nitrogens is 2. The second kappa shape index (κ2) is 9.20. The molecule has 1 N–H and O–H groups in total. The highest BCUT2D eigenvalue weighted by Crippen LogP contribution is 2.39. The Hall–Kier alpha value is -3.06. The van der Waals surface area contributed by atoms with Crippen molar-refractivity contribution in [3.05, 3.63) is 66.2 Å². The molecule has 1 saturated heterocycles. The lowest BCUT2D eigenvalue weighted by atomic mass is 9.96. The monoisotopic (exact) mass is 448 g/mol. The Bertz CT molecular complexity index is 1230. The van der Waals surface area contributed by atoms with Gasteiger partial charge < -0.3 is 10.2 Å². The molecule has 2 aromatic carbocycles. The van der Waals surface area contributed by atoms with E-state index in [-0.39, 0.29) is 17.6 Å². The lowest BCUT2D eigenvalue weighted by Crippen LogP contribution is -2.41. The molecule has 0 bridgehead atoms. The number of halogens is 1. The Kier molecular flexibility index (Phi) is 5.99. The topological polar surface area (TPSA) is 58.1 Å². The predicted molar refractivity (Wildman–Crippen MR) is 128 cm³/mol. The average molecular weight is 449 g/mol. The second-order valence-corrected chi connectivity index (χ2v) is 9.28. The molecule has 4 aromatic rings. The molecule has 0 spiro atoms. The molecule has 5 rings (SSSR count). The lowest BCUT2D eigenvalue weighted by Gasteiger charge is -2.32. The van der Waals surface area contributed by atoms with E-state index in [1.54, 1.807) is 6.07 Å². The molecule has 0 atom stereocenters. The minimum Gasteiger partial charge on any atom is -0.356 e. The molecule has 2 aromatic heterocycles. The van der Waals surface area contributed by atoms with Crippen LogP contribution in [0.3, 0.4) is 0 Å². The molecule has 1 aliphatic heterocycles. The lowest BCUT2D eigenvalue weighted by molar-refractivity contribution is -0.125. The van der Waals surface area contributed by atoms with Gasteiger partial charge >= 0.3 is 0 Å². The molecule has 164 valence electrons. The van der Waals surface area contributed by atoms with Crippen molar-refractivity contribution < 1.29 is 9.18 Å². The number of carbonyl (C=O) groups is 1. The number of hydrogen-bond acceptors (Lipinski definition) is 5. The molecule has 1 fully saturated rings. The van der Waals surface area contributed by atoms with Crippen LogP contribution in [-0.2, 0) is 11.2 Å². The van der Waals surface area contributed by atoms with Gasteiger partial charge in [0.25, 0.3) is 0 Å². The number of nitrogens with one attached hydrogen (secondary N) is 1. The van der Waals surface area contributed by atoms with E-state index < -0.39 is 0 Å². The highest BCUT2D eigenvalue weighted by atomic mass is 32.1. The average Bonchev–Trinajstić information content (AvgIpc) is 3.22. The maximum absolute atomic E-state index is 14.4. The molecule has 1 aliphatic rings. The Balaban J connectivity index is 1.19. The number of piperidine rings is 1. The first-order valence-corrected chi connectivity index (χ1v) is 11.9. The Morgan fingerprint density at radius 3 is 2.72 bits per heavy atom. The van der Waals surface area contributed by atoms with Gasteiger partial charge in [0.05, 0.1) is 15.6 Å². The van der Waals surface area contributed by atoms with Crippen LogP contribution in [-0.4, -0.2) is 35.5 Å². The Labute approximate surface area is 190 Å². The van der Waals surface area contributed by atoms with E-state index >= 15 is 0 Å². The van der Waals surface area contributed by atoms with Gasteiger partial charge in [-0.15, -0.1) is 11.3 Å². The van der Waals surface area contributed by atoms with Crippen LogP contribution in [0.1, 0.15) is 24.8 Å². The van der Waals surface area contributed by atoms with Crippen LogP contribution in [0.25, 0.3) is 20.3 Å². The van der Waals surface area contributed by atoms with E-state index in [1.807, 2.05) is 24.3 Å². The summed E-state index contributed by atoms with van der Waals surface area (Å²) >= 11 is 1.53. The van der Waals surface area contributed by atoms with Crippen LogP contribution < -0.4 is 10.2 Å². The second-order valence-electron chi connectivity index (χ2n) is 8.23. The highest BCUT2D eigenvalue weighted by molar-refractivity contribution is 7.26. The maximum Gasteiger partial charge on any atom is 0.223 e. The van der Waals surface area contributed by atoms with E-state index in [0.717, 1.165) is 54.0 Å². The zero-order valence-corrected chi connectivity index (χ0v) is 18.6. The molecule has 7 heteroatoms. The van der Waals surface area contributed by atoms with Gasteiger partial charge in [-0.25, -0.2) is 14.4 Å². The summed E-state index contributed by atoms with van der Waals surface area (Å²) < 4.78 is 16.2. The number of amides is 1. The Morgan fingerprint density at radius 1 is 1.09 bits per heavy atom. The SMILES string of the molecule is O=C(NCCCc1ccccc1)C1CCN(c2ncnc3c2sc2cccc(F)c23)CC1. The summed E-state index contributed by atoms with van der Waals surface area (Å²) in [5.74, 6) is 0.771. The van der Waals surface area contributed by atoms with Gasteiger partial charge in [0.15, 0.2) is 0 Å². The van der Waals surface area contributed by atoms with Crippen LogP contribution in [0.15, 0.2) is 54.9 Å². The van der Waals surface area contributed by atoms with Crippen LogP contribution in [0.2, 0.25) is 0 Å². The fourth-order valence-corrected chi connectivity index (χ4v) is 5.62. The summed E-state index contributed by atoms with van der Waals surface area (Å²) in [5, 5.41) is 3.68. The Morgan fingerprint density at radius 2 is 1.91 bits per heavy atom. The van der Waals surface area contributed by atoms with Crippen molar-refractivity contribution in [1.82, 2.24) is 15.3 Å². The normalized spacial score (nSPS) is 14.8. The van der Waals surface area contributed by atoms with Crippen LogP contribution in [0, 0.1) is 11.7 Å². The number of rotatable bonds is 6. The van der Waals surface area contributed by atoms with E-state index in [9.17, 15) is 9.18 Å². The zero-order chi connectivity index (χ0) is 21.9. The fourth-order valence-electron chi connectivity index (χ4n) is 4.44. The third-order valence-electron chi connectivity index (χ3n) is 6.16. The van der Waals surface area contributed by atoms with Gasteiger partial charge in [-0.1, -0.05) is 36.4 Å². The maximum atomic E-state index is 14.4. The van der Waals surface area contributed by atoms with Gasteiger partial charge in [-0.2, -0.15) is 0 Å². The van der Waals surface area contributed by atoms with Gasteiger partial charge in [-0.3, -0.25) is 4.79 Å². The fraction of sp³-hybridized carbons (Fsp3) is 0.320. The molecule has 1 amide bonds. The molecular formula is C25H25FN4OS. The standard InChI is InChI=1S/C25H25FN4OS/c26-19-9-4-10-20-21(19)22-23(32-20)24(29-16-28-22)30-14-11-18(12-15-30)25(31)27-13-5-8-17-6-2-1-3-7-17/h1-4,6-7,9-10,16,18H,5,8,11-15H2,(H,27,31). The number of thiophene rings is 1. The molecule has 0 radical (unpaired) electrons. The number of hydrogen-bond donors (Lipinski definition) is 1. The van der Waals surface area contributed by atoms with Crippen LogP contribution >= 0.6 is 11.3 Å². The minimum atomic E-state index is -0.249. The molecular weight excluding hydrogens is 423 g/mol. The van der Waals surface area contributed by atoms with Gasteiger partial charge in [0.1, 0.15) is 18.0 Å². The number of aryl methyl sites for hydroxylation is 1. The van der Waals surface area contributed by atoms with E-state index in [2.05, 4.69) is 32.3 Å². The predicted octanol–water partition coefficient (Wildman–Crippen LogP) is 4.95. The number of anilines is 1. The quantitative estimate of drug-likeness (QED) is 0.424. The van der Waals surface area contributed by atoms with Crippen molar-refractivity contribution in [3.8, 4) is 0 Å². The zero-order valence-electron chi connectivity index (χ0n) is 17.8. The van der Waals surface area contributed by atoms with Gasteiger partial charge in [-0.05, 0) is 43.4 Å². The summed E-state index contributed by atoms with van der Waals surface area (Å²) in [4.78, 5) is 23.7. The third-order valence-corrected chi connectivity index (χ3v) is 7.30. The van der Waals surface area contributed by atoms with Gasteiger partial charge in [0.2, 0.25) is 5.91 Å². The van der Waals surface area contributed by atoms with Crippen molar-refractivity contribution in [3.63, 3.8) is 0 Å². The number of fused-ring (bicyclic) bond motifs is 3. The van der Waals surface area contributed by atoms with Crippen molar-refractivity contribution >= 4 is 43.4 Å². The molecule has 0 saturated carbocycles. The van der Waals surface area contributed by atoms with E-state index in [1.165, 1.54) is 29.3 Å². The first kappa shape index (κ1) is 20.8. The van der Waals surface area contributed by atoms with E-state index in [4.69, 9.17) is 0 Å². The molecule has 0 aliphatic carbocycles. The largest absolute Gasteiger partial charge is 0.356 e. The minimum absolute atomic E-state index is 0.0279. The molecule has 32 heavy (non-hydrogen) atoms. The summed E-state index contributed by atoms with van der Waals surface area (Å²) in [5.41, 5.74) is 1.97. The first-order chi connectivity index (χ1) is 15.7. The summed E-state index contributed by atoms with van der Waals surface area (Å²) in [7, 11) is 0. The number of carbonyl (C=O) groups excluding carboxylic acids is 1. The van der Waals surface area contributed by atoms with Crippen LogP contribution in [0.4, 0.5) is 10.2 Å². The summed E-state index contributed by atoms with van der Waals surface area (Å²) in [6, 6.07) is 15.5.